The Bertz CT molecular complexity index is 830. The molecule has 26 heavy (non-hydrogen) atoms. The number of hydrogen-bond donors (Lipinski definition) is 2. The summed E-state index contributed by atoms with van der Waals surface area (Å²) in [5.74, 6) is 1.31. The van der Waals surface area contributed by atoms with Gasteiger partial charge in [-0.1, -0.05) is 11.6 Å². The molecule has 2 saturated carbocycles. The Morgan fingerprint density at radius 3 is 2.96 bits per heavy atom. The molecule has 5 nitrogen and oxygen atoms in total. The molecule has 1 saturated heterocycles. The van der Waals surface area contributed by atoms with Crippen molar-refractivity contribution in [3.63, 3.8) is 0 Å². The van der Waals surface area contributed by atoms with Gasteiger partial charge in [-0.2, -0.15) is 0 Å². The second kappa shape index (κ2) is 6.38. The number of allylic oxidation sites excluding steroid dienone is 2. The molecule has 5 heteroatoms. The Balaban J connectivity index is 1.36. The third-order valence-corrected chi connectivity index (χ3v) is 7.16. The van der Waals surface area contributed by atoms with E-state index in [9.17, 15) is 0 Å². The highest BCUT2D eigenvalue weighted by atomic mass is 15.1. The van der Waals surface area contributed by atoms with Gasteiger partial charge in [0.2, 0.25) is 0 Å². The van der Waals surface area contributed by atoms with E-state index in [4.69, 9.17) is 5.73 Å². The van der Waals surface area contributed by atoms with Crippen LogP contribution in [0.5, 0.6) is 0 Å². The molecule has 0 bridgehead atoms. The van der Waals surface area contributed by atoms with Crippen molar-refractivity contribution in [1.82, 2.24) is 19.9 Å². The van der Waals surface area contributed by atoms with Gasteiger partial charge in [-0.15, -0.1) is 0 Å². The topological polar surface area (TPSA) is 68.8 Å². The fraction of sp³-hybridized carbons (Fsp3) is 0.619. The van der Waals surface area contributed by atoms with Crippen molar-refractivity contribution in [1.29, 1.82) is 0 Å². The lowest BCUT2D eigenvalue weighted by atomic mass is 9.73. The largest absolute Gasteiger partial charge is 0.383 e. The van der Waals surface area contributed by atoms with Crippen LogP contribution in [0, 0.1) is 11.3 Å². The van der Waals surface area contributed by atoms with Crippen LogP contribution in [0.1, 0.15) is 57.4 Å². The van der Waals surface area contributed by atoms with Crippen molar-refractivity contribution >= 4 is 16.9 Å². The molecule has 3 N–H and O–H groups in total. The van der Waals surface area contributed by atoms with Gasteiger partial charge in [0.05, 0.1) is 5.39 Å². The Hall–Kier alpha value is -1.88. The van der Waals surface area contributed by atoms with Crippen molar-refractivity contribution in [2.24, 2.45) is 11.3 Å². The zero-order chi connectivity index (χ0) is 17.6. The Kier molecular flexibility index (Phi) is 4.00. The van der Waals surface area contributed by atoms with E-state index in [1.165, 1.54) is 64.5 Å². The maximum Gasteiger partial charge on any atom is 0.145 e. The molecule has 0 radical (unpaired) electrons. The van der Waals surface area contributed by atoms with Crippen molar-refractivity contribution in [3.8, 4) is 0 Å². The quantitative estimate of drug-likeness (QED) is 0.807. The van der Waals surface area contributed by atoms with Gasteiger partial charge in [-0.3, -0.25) is 0 Å². The minimum atomic E-state index is 0.533. The number of nitrogens with zero attached hydrogens (tertiary/aromatic N) is 3. The Labute approximate surface area is 155 Å². The summed E-state index contributed by atoms with van der Waals surface area (Å²) in [6, 6.07) is 2.60. The van der Waals surface area contributed by atoms with Gasteiger partial charge < -0.3 is 15.6 Å². The lowest BCUT2D eigenvalue weighted by molar-refractivity contribution is 0.259. The van der Waals surface area contributed by atoms with Gasteiger partial charge in [-0.25, -0.2) is 9.97 Å². The number of rotatable bonds is 2. The van der Waals surface area contributed by atoms with Crippen LogP contribution in [0.25, 0.3) is 11.0 Å². The molecule has 1 spiro atoms. The number of nitrogens with one attached hydrogen (secondary N) is 1. The molecule has 2 aromatic heterocycles. The highest BCUT2D eigenvalue weighted by molar-refractivity contribution is 5.86. The second-order valence-corrected chi connectivity index (χ2v) is 8.52. The maximum absolute atomic E-state index is 6.00. The molecule has 3 heterocycles. The van der Waals surface area contributed by atoms with Gasteiger partial charge in [0.15, 0.2) is 0 Å². The summed E-state index contributed by atoms with van der Waals surface area (Å²) in [6.07, 6.45) is 17.0. The first kappa shape index (κ1) is 16.3. The molecule has 3 fully saturated rings. The van der Waals surface area contributed by atoms with E-state index in [0.717, 1.165) is 17.0 Å². The normalized spacial score (nSPS) is 29.9. The van der Waals surface area contributed by atoms with Crippen LogP contribution in [0.3, 0.4) is 0 Å². The maximum atomic E-state index is 6.00. The van der Waals surface area contributed by atoms with Crippen LogP contribution in [-0.2, 0) is 0 Å². The number of anilines is 1. The Morgan fingerprint density at radius 2 is 2.08 bits per heavy atom. The number of nitrogens with two attached hydrogens (primary N) is 1. The standard InChI is InChI=1S/C21H29N5/c22-19-18-5-11-26(20(18)25-14-24-19)17-4-3-15(13-17)12-16-2-1-6-21(16)7-9-23-10-8-21/h5,11-12,14-15,17,23H,1-4,6-10,13H2,(H2,22,24,25)/b16-12+. The summed E-state index contributed by atoms with van der Waals surface area (Å²) in [4.78, 5) is 8.61. The summed E-state index contributed by atoms with van der Waals surface area (Å²) in [5.41, 5.74) is 9.32. The summed E-state index contributed by atoms with van der Waals surface area (Å²) >= 11 is 0. The van der Waals surface area contributed by atoms with Crippen molar-refractivity contribution in [2.45, 2.75) is 57.4 Å². The summed E-state index contributed by atoms with van der Waals surface area (Å²) in [5, 5.41) is 4.53. The predicted molar refractivity (Wildman–Crippen MR) is 105 cm³/mol. The highest BCUT2D eigenvalue weighted by Crippen LogP contribution is 2.50. The summed E-state index contributed by atoms with van der Waals surface area (Å²) in [7, 11) is 0. The lowest BCUT2D eigenvalue weighted by Crippen LogP contribution is -2.36. The van der Waals surface area contributed by atoms with Crippen molar-refractivity contribution in [2.75, 3.05) is 18.8 Å². The van der Waals surface area contributed by atoms with E-state index in [1.54, 1.807) is 11.9 Å². The van der Waals surface area contributed by atoms with Crippen LogP contribution >= 0.6 is 0 Å². The molecule has 2 aliphatic carbocycles. The van der Waals surface area contributed by atoms with E-state index >= 15 is 0 Å². The monoisotopic (exact) mass is 351 g/mol. The van der Waals surface area contributed by atoms with Gasteiger partial charge >= 0.3 is 0 Å². The molecule has 5 rings (SSSR count). The third-order valence-electron chi connectivity index (χ3n) is 7.16. The molecule has 1 aliphatic heterocycles. The molecule has 0 aromatic carbocycles. The molecule has 3 aliphatic rings. The predicted octanol–water partition coefficient (Wildman–Crippen LogP) is 3.83. The zero-order valence-corrected chi connectivity index (χ0v) is 15.5. The average Bonchev–Trinajstić information content (AvgIpc) is 3.36. The first-order chi connectivity index (χ1) is 12.8. The minimum Gasteiger partial charge on any atom is -0.383 e. The number of aromatic nitrogens is 3. The van der Waals surface area contributed by atoms with E-state index < -0.39 is 0 Å². The first-order valence-corrected chi connectivity index (χ1v) is 10.2. The van der Waals surface area contributed by atoms with Crippen LogP contribution < -0.4 is 11.1 Å². The number of hydrogen-bond acceptors (Lipinski definition) is 4. The second-order valence-electron chi connectivity index (χ2n) is 8.52. The molecular weight excluding hydrogens is 322 g/mol. The van der Waals surface area contributed by atoms with Crippen LogP contribution in [0.4, 0.5) is 5.82 Å². The Morgan fingerprint density at radius 1 is 1.19 bits per heavy atom. The molecule has 2 aromatic rings. The van der Waals surface area contributed by atoms with E-state index in [-0.39, 0.29) is 0 Å². The average molecular weight is 351 g/mol. The zero-order valence-electron chi connectivity index (χ0n) is 15.5. The van der Waals surface area contributed by atoms with Gasteiger partial charge in [0, 0.05) is 12.2 Å². The molecule has 0 amide bonds. The highest BCUT2D eigenvalue weighted by Gasteiger charge is 2.39. The molecule has 2 atom stereocenters. The first-order valence-electron chi connectivity index (χ1n) is 10.2. The minimum absolute atomic E-state index is 0.533. The molecular formula is C21H29N5. The van der Waals surface area contributed by atoms with Crippen molar-refractivity contribution in [3.05, 3.63) is 30.2 Å². The lowest BCUT2D eigenvalue weighted by Gasteiger charge is -2.36. The van der Waals surface area contributed by atoms with Crippen molar-refractivity contribution < 1.29 is 0 Å². The third kappa shape index (κ3) is 2.64. The molecule has 138 valence electrons. The number of fused-ring (bicyclic) bond motifs is 1. The number of piperidine rings is 1. The summed E-state index contributed by atoms with van der Waals surface area (Å²) in [6.45, 7) is 2.39. The van der Waals surface area contributed by atoms with E-state index in [2.05, 4.69) is 38.2 Å². The molecule has 2 unspecified atom stereocenters. The van der Waals surface area contributed by atoms with E-state index in [0.29, 0.717) is 17.3 Å². The van der Waals surface area contributed by atoms with Crippen LogP contribution in [-0.4, -0.2) is 27.6 Å². The van der Waals surface area contributed by atoms with Gasteiger partial charge in [0.1, 0.15) is 17.8 Å². The smallest absolute Gasteiger partial charge is 0.145 e. The van der Waals surface area contributed by atoms with Gasteiger partial charge in [-0.05, 0) is 81.9 Å². The SMILES string of the molecule is Nc1ncnc2c1ccn2C1CCC(/C=C2\CCCC23CCNCC3)C1. The fourth-order valence-electron chi connectivity index (χ4n) is 5.74. The van der Waals surface area contributed by atoms with Crippen LogP contribution in [0.15, 0.2) is 30.2 Å². The summed E-state index contributed by atoms with van der Waals surface area (Å²) < 4.78 is 2.33. The number of nitrogen functional groups attached to an aromatic ring is 1. The van der Waals surface area contributed by atoms with Gasteiger partial charge in [0.25, 0.3) is 0 Å². The van der Waals surface area contributed by atoms with Crippen LogP contribution in [0.2, 0.25) is 0 Å². The van der Waals surface area contributed by atoms with E-state index in [1.807, 2.05) is 0 Å². The fourth-order valence-corrected chi connectivity index (χ4v) is 5.74.